The lowest BCUT2D eigenvalue weighted by Gasteiger charge is -2.32. The van der Waals surface area contributed by atoms with Crippen LogP contribution in [0, 0.1) is 5.92 Å². The van der Waals surface area contributed by atoms with Crippen LogP contribution in [-0.2, 0) is 11.3 Å². The number of benzene rings is 3. The number of anilines is 1. The standard InChI is InChI=1S/C34H43N3O4/c1-4-36(5-2)34(40)37(28-19-21-29(41-3)22-20-28)23-25-15-17-26(18-16-25)30-13-9-10-14-31(30)33(39)35-32(24-38)27-11-7-6-8-12-27/h6-8,11-12,15-22,30-32,38H,4-5,9-10,13-14,23-24H2,1-3H3,(H,35,39). The fraction of sp³-hybridized carbons (Fsp3) is 0.412. The van der Waals surface area contributed by atoms with E-state index in [4.69, 9.17) is 4.74 Å². The van der Waals surface area contributed by atoms with Crippen LogP contribution in [0.1, 0.15) is 68.2 Å². The Bertz CT molecular complexity index is 1240. The molecule has 0 bridgehead atoms. The van der Waals surface area contributed by atoms with Crippen molar-refractivity contribution in [1.29, 1.82) is 0 Å². The Morgan fingerprint density at radius 2 is 1.59 bits per heavy atom. The summed E-state index contributed by atoms with van der Waals surface area (Å²) in [4.78, 5) is 30.5. The third-order valence-corrected chi connectivity index (χ3v) is 8.20. The molecule has 218 valence electrons. The predicted molar refractivity (Wildman–Crippen MR) is 163 cm³/mol. The number of methoxy groups -OCH3 is 1. The van der Waals surface area contributed by atoms with Crippen molar-refractivity contribution in [3.05, 3.63) is 95.6 Å². The van der Waals surface area contributed by atoms with Crippen LogP contribution in [0.4, 0.5) is 10.5 Å². The second-order valence-electron chi connectivity index (χ2n) is 10.6. The number of aliphatic hydroxyl groups is 1. The Balaban J connectivity index is 1.51. The van der Waals surface area contributed by atoms with Gasteiger partial charge in [-0.25, -0.2) is 4.79 Å². The Morgan fingerprint density at radius 3 is 2.20 bits per heavy atom. The highest BCUT2D eigenvalue weighted by molar-refractivity contribution is 5.92. The smallest absolute Gasteiger partial charge is 0.324 e. The molecule has 0 heterocycles. The summed E-state index contributed by atoms with van der Waals surface area (Å²) in [5, 5.41) is 13.1. The molecule has 3 aromatic rings. The summed E-state index contributed by atoms with van der Waals surface area (Å²) < 4.78 is 5.31. The van der Waals surface area contributed by atoms with Crippen LogP contribution >= 0.6 is 0 Å². The SMILES string of the molecule is CCN(CC)C(=O)N(Cc1ccc(C2CCCCC2C(=O)NC(CO)c2ccccc2)cc1)c1ccc(OC)cc1. The van der Waals surface area contributed by atoms with Gasteiger partial charge >= 0.3 is 6.03 Å². The molecule has 41 heavy (non-hydrogen) atoms. The molecule has 0 aromatic heterocycles. The monoisotopic (exact) mass is 557 g/mol. The minimum Gasteiger partial charge on any atom is -0.497 e. The molecule has 1 aliphatic rings. The van der Waals surface area contributed by atoms with Crippen LogP contribution < -0.4 is 15.0 Å². The van der Waals surface area contributed by atoms with Gasteiger partial charge in [0.05, 0.1) is 26.3 Å². The number of nitrogens with one attached hydrogen (secondary N) is 1. The van der Waals surface area contributed by atoms with Crippen LogP contribution in [0.15, 0.2) is 78.9 Å². The number of hydrogen-bond donors (Lipinski definition) is 2. The Labute approximate surface area is 244 Å². The molecule has 1 aliphatic carbocycles. The van der Waals surface area contributed by atoms with E-state index < -0.39 is 6.04 Å². The molecule has 3 aromatic carbocycles. The Kier molecular flexibility index (Phi) is 10.8. The summed E-state index contributed by atoms with van der Waals surface area (Å²) in [5.41, 5.74) is 3.87. The largest absolute Gasteiger partial charge is 0.497 e. The maximum Gasteiger partial charge on any atom is 0.324 e. The third-order valence-electron chi connectivity index (χ3n) is 8.20. The zero-order valence-electron chi connectivity index (χ0n) is 24.5. The van der Waals surface area contributed by atoms with Crippen molar-refractivity contribution in [2.24, 2.45) is 5.92 Å². The summed E-state index contributed by atoms with van der Waals surface area (Å²) in [6, 6.07) is 25.1. The van der Waals surface area contributed by atoms with E-state index in [2.05, 4.69) is 29.6 Å². The molecule has 3 atom stereocenters. The molecule has 0 aliphatic heterocycles. The van der Waals surface area contributed by atoms with Crippen LogP contribution in [-0.4, -0.2) is 48.8 Å². The van der Waals surface area contributed by atoms with Crippen molar-refractivity contribution in [3.63, 3.8) is 0 Å². The van der Waals surface area contributed by atoms with Gasteiger partial charge in [0, 0.05) is 24.7 Å². The minimum atomic E-state index is -0.416. The number of amides is 3. The van der Waals surface area contributed by atoms with Gasteiger partial charge in [0.25, 0.3) is 0 Å². The van der Waals surface area contributed by atoms with Gasteiger partial charge < -0.3 is 20.1 Å². The highest BCUT2D eigenvalue weighted by Gasteiger charge is 2.33. The number of nitrogens with zero attached hydrogens (tertiary/aromatic N) is 2. The Hall–Kier alpha value is -3.84. The van der Waals surface area contributed by atoms with E-state index in [-0.39, 0.29) is 30.4 Å². The molecule has 0 saturated heterocycles. The number of carbonyl (C=O) groups excluding carboxylic acids is 2. The molecule has 4 rings (SSSR count). The van der Waals surface area contributed by atoms with Gasteiger partial charge in [-0.2, -0.15) is 0 Å². The zero-order chi connectivity index (χ0) is 29.2. The summed E-state index contributed by atoms with van der Waals surface area (Å²) in [6.07, 6.45) is 3.88. The predicted octanol–water partition coefficient (Wildman–Crippen LogP) is 6.29. The molecule has 1 fully saturated rings. The third kappa shape index (κ3) is 7.47. The molecule has 1 saturated carbocycles. The highest BCUT2D eigenvalue weighted by atomic mass is 16.5. The quantitative estimate of drug-likeness (QED) is 0.290. The molecule has 2 N–H and O–H groups in total. The topological polar surface area (TPSA) is 82.1 Å². The van der Waals surface area contributed by atoms with Gasteiger partial charge in [-0.3, -0.25) is 9.69 Å². The molecule has 3 amide bonds. The molecule has 0 spiro atoms. The molecule has 7 nitrogen and oxygen atoms in total. The first-order chi connectivity index (χ1) is 20.0. The van der Waals surface area contributed by atoms with Crippen molar-refractivity contribution < 1.29 is 19.4 Å². The average Bonchev–Trinajstić information content (AvgIpc) is 3.03. The van der Waals surface area contributed by atoms with Crippen molar-refractivity contribution in [3.8, 4) is 5.75 Å². The maximum absolute atomic E-state index is 13.5. The van der Waals surface area contributed by atoms with E-state index in [1.165, 1.54) is 0 Å². The number of carbonyl (C=O) groups is 2. The molecule has 7 heteroatoms. The fourth-order valence-corrected chi connectivity index (χ4v) is 5.79. The van der Waals surface area contributed by atoms with Crippen LogP contribution in [0.25, 0.3) is 0 Å². The first kappa shape index (κ1) is 30.1. The van der Waals surface area contributed by atoms with Crippen molar-refractivity contribution in [2.45, 2.75) is 58.0 Å². The minimum absolute atomic E-state index is 0.00261. The maximum atomic E-state index is 13.5. The van der Waals surface area contributed by atoms with Gasteiger partial charge in [-0.05, 0) is 73.6 Å². The average molecular weight is 558 g/mol. The number of ether oxygens (including phenoxy) is 1. The van der Waals surface area contributed by atoms with Crippen LogP contribution in [0.2, 0.25) is 0 Å². The summed E-state index contributed by atoms with van der Waals surface area (Å²) in [6.45, 7) is 5.54. The molecular weight excluding hydrogens is 514 g/mol. The van der Waals surface area contributed by atoms with Gasteiger partial charge in [0.15, 0.2) is 0 Å². The van der Waals surface area contributed by atoms with Gasteiger partial charge in [0.1, 0.15) is 5.75 Å². The fourth-order valence-electron chi connectivity index (χ4n) is 5.79. The van der Waals surface area contributed by atoms with E-state index in [9.17, 15) is 14.7 Å². The lowest BCUT2D eigenvalue weighted by atomic mass is 9.74. The van der Waals surface area contributed by atoms with E-state index >= 15 is 0 Å². The summed E-state index contributed by atoms with van der Waals surface area (Å²) in [5.74, 6) is 0.709. The summed E-state index contributed by atoms with van der Waals surface area (Å²) in [7, 11) is 1.63. The van der Waals surface area contributed by atoms with Crippen LogP contribution in [0.5, 0.6) is 5.75 Å². The number of urea groups is 1. The zero-order valence-corrected chi connectivity index (χ0v) is 24.5. The number of aliphatic hydroxyl groups excluding tert-OH is 1. The molecule has 3 unspecified atom stereocenters. The van der Waals surface area contributed by atoms with Gasteiger partial charge in [-0.15, -0.1) is 0 Å². The molecular formula is C34H43N3O4. The molecule has 0 radical (unpaired) electrons. The number of rotatable bonds is 11. The lowest BCUT2D eigenvalue weighted by molar-refractivity contribution is -0.127. The lowest BCUT2D eigenvalue weighted by Crippen LogP contribution is -2.42. The van der Waals surface area contributed by atoms with E-state index in [1.807, 2.05) is 73.3 Å². The normalized spacial score (nSPS) is 17.4. The van der Waals surface area contributed by atoms with Crippen LogP contribution in [0.3, 0.4) is 0 Å². The van der Waals surface area contributed by atoms with Crippen molar-refractivity contribution in [2.75, 3.05) is 31.7 Å². The van der Waals surface area contributed by atoms with E-state index in [0.29, 0.717) is 19.6 Å². The Morgan fingerprint density at radius 1 is 0.927 bits per heavy atom. The second-order valence-corrected chi connectivity index (χ2v) is 10.6. The first-order valence-electron chi connectivity index (χ1n) is 14.7. The van der Waals surface area contributed by atoms with Crippen molar-refractivity contribution in [1.82, 2.24) is 10.2 Å². The van der Waals surface area contributed by atoms with Crippen molar-refractivity contribution >= 4 is 17.6 Å². The first-order valence-corrected chi connectivity index (χ1v) is 14.7. The highest BCUT2D eigenvalue weighted by Crippen LogP contribution is 2.38. The van der Waals surface area contributed by atoms with Gasteiger partial charge in [0.2, 0.25) is 5.91 Å². The van der Waals surface area contributed by atoms with E-state index in [1.54, 1.807) is 12.0 Å². The van der Waals surface area contributed by atoms with E-state index in [0.717, 1.165) is 53.8 Å². The second kappa shape index (κ2) is 14.7. The number of hydrogen-bond acceptors (Lipinski definition) is 4. The summed E-state index contributed by atoms with van der Waals surface area (Å²) >= 11 is 0. The van der Waals surface area contributed by atoms with Gasteiger partial charge in [-0.1, -0.05) is 67.4 Å².